The zero-order valence-corrected chi connectivity index (χ0v) is 15.3. The lowest BCUT2D eigenvalue weighted by Crippen LogP contribution is -2.21. The first-order valence-corrected chi connectivity index (χ1v) is 8.04. The molecule has 0 radical (unpaired) electrons. The van der Waals surface area contributed by atoms with Crippen LogP contribution in [-0.4, -0.2) is 15.6 Å². The third kappa shape index (κ3) is 3.20. The summed E-state index contributed by atoms with van der Waals surface area (Å²) in [6.45, 7) is 7.99. The molecule has 7 nitrogen and oxygen atoms in total. The lowest BCUT2D eigenvalue weighted by Gasteiger charge is -2.22. The van der Waals surface area contributed by atoms with Gasteiger partial charge < -0.3 is 0 Å². The Labute approximate surface area is 151 Å². The standard InChI is InChI=1S/C19H20N2O5/c1-11-14(18(22)13-9-7-6-8-10-13)12(2)17(21(25)26)15(19(3,4)5)16(11)20(23)24/h6-10H,1-5H3. The van der Waals surface area contributed by atoms with Crippen molar-refractivity contribution in [1.29, 1.82) is 0 Å². The fraction of sp³-hybridized carbons (Fsp3) is 0.316. The van der Waals surface area contributed by atoms with Gasteiger partial charge in [0.15, 0.2) is 5.78 Å². The Morgan fingerprint density at radius 2 is 1.31 bits per heavy atom. The molecule has 0 fully saturated rings. The number of carbonyl (C=O) groups excluding carboxylic acids is 1. The molecule has 0 N–H and O–H groups in total. The van der Waals surface area contributed by atoms with Crippen molar-refractivity contribution in [2.75, 3.05) is 0 Å². The first-order valence-electron chi connectivity index (χ1n) is 8.04. The lowest BCUT2D eigenvalue weighted by molar-refractivity contribution is -0.397. The van der Waals surface area contributed by atoms with Crippen LogP contribution in [0.3, 0.4) is 0 Å². The molecule has 26 heavy (non-hydrogen) atoms. The minimum Gasteiger partial charge on any atom is -0.289 e. The average Bonchev–Trinajstić information content (AvgIpc) is 2.53. The molecule has 0 aromatic heterocycles. The Morgan fingerprint density at radius 1 is 0.885 bits per heavy atom. The van der Waals surface area contributed by atoms with Crippen LogP contribution >= 0.6 is 0 Å². The summed E-state index contributed by atoms with van der Waals surface area (Å²) in [7, 11) is 0. The maximum atomic E-state index is 13.0. The molecule has 2 aromatic rings. The predicted molar refractivity (Wildman–Crippen MR) is 97.8 cm³/mol. The lowest BCUT2D eigenvalue weighted by atomic mass is 9.79. The smallest absolute Gasteiger partial charge is 0.283 e. The average molecular weight is 356 g/mol. The molecule has 0 atom stereocenters. The Balaban J connectivity index is 2.99. The van der Waals surface area contributed by atoms with Crippen LogP contribution in [0, 0.1) is 34.1 Å². The molecule has 0 aliphatic carbocycles. The van der Waals surface area contributed by atoms with Crippen molar-refractivity contribution in [1.82, 2.24) is 0 Å². The summed E-state index contributed by atoms with van der Waals surface area (Å²) >= 11 is 0. The number of rotatable bonds is 4. The number of hydrogen-bond donors (Lipinski definition) is 0. The van der Waals surface area contributed by atoms with E-state index >= 15 is 0 Å². The van der Waals surface area contributed by atoms with Crippen molar-refractivity contribution in [3.63, 3.8) is 0 Å². The normalized spacial score (nSPS) is 11.3. The monoisotopic (exact) mass is 356 g/mol. The molecular formula is C19H20N2O5. The molecule has 0 heterocycles. The van der Waals surface area contributed by atoms with Gasteiger partial charge in [-0.2, -0.15) is 0 Å². The Morgan fingerprint density at radius 3 is 1.65 bits per heavy atom. The molecule has 0 saturated heterocycles. The largest absolute Gasteiger partial charge is 0.289 e. The predicted octanol–water partition coefficient (Wildman–Crippen LogP) is 4.65. The molecule has 7 heteroatoms. The van der Waals surface area contributed by atoms with Gasteiger partial charge in [-0.3, -0.25) is 25.0 Å². The number of carbonyl (C=O) groups is 1. The fourth-order valence-electron chi connectivity index (χ4n) is 3.25. The van der Waals surface area contributed by atoms with Crippen molar-refractivity contribution in [2.45, 2.75) is 40.0 Å². The number of nitro groups is 2. The molecule has 2 rings (SSSR count). The van der Waals surface area contributed by atoms with Crippen LogP contribution in [-0.2, 0) is 5.41 Å². The highest BCUT2D eigenvalue weighted by atomic mass is 16.6. The van der Waals surface area contributed by atoms with E-state index in [9.17, 15) is 25.0 Å². The summed E-state index contributed by atoms with van der Waals surface area (Å²) in [4.78, 5) is 35.2. The highest BCUT2D eigenvalue weighted by molar-refractivity contribution is 6.12. The Kier molecular flexibility index (Phi) is 4.93. The van der Waals surface area contributed by atoms with Gasteiger partial charge in [-0.25, -0.2) is 0 Å². The molecular weight excluding hydrogens is 336 g/mol. The van der Waals surface area contributed by atoms with Gasteiger partial charge in [0.2, 0.25) is 0 Å². The minimum absolute atomic E-state index is 0.0163. The van der Waals surface area contributed by atoms with Crippen LogP contribution in [0.5, 0.6) is 0 Å². The van der Waals surface area contributed by atoms with E-state index in [1.807, 2.05) is 0 Å². The van der Waals surface area contributed by atoms with Crippen molar-refractivity contribution >= 4 is 17.2 Å². The molecule has 0 aliphatic heterocycles. The summed E-state index contributed by atoms with van der Waals surface area (Å²) in [5, 5.41) is 23.5. The van der Waals surface area contributed by atoms with E-state index in [0.29, 0.717) is 5.56 Å². The van der Waals surface area contributed by atoms with Gasteiger partial charge in [0.25, 0.3) is 11.4 Å². The van der Waals surface area contributed by atoms with Gasteiger partial charge in [0.1, 0.15) is 5.56 Å². The summed E-state index contributed by atoms with van der Waals surface area (Å²) in [5.41, 5.74) is -0.897. The maximum Gasteiger partial charge on any atom is 0.283 e. The van der Waals surface area contributed by atoms with E-state index in [-0.39, 0.29) is 33.6 Å². The first-order chi connectivity index (χ1) is 12.0. The quantitative estimate of drug-likeness (QED) is 0.450. The van der Waals surface area contributed by atoms with Crippen LogP contribution in [0.1, 0.15) is 53.4 Å². The topological polar surface area (TPSA) is 103 Å². The Bertz CT molecular complexity index is 871. The molecule has 0 unspecified atom stereocenters. The summed E-state index contributed by atoms with van der Waals surface area (Å²) in [6, 6.07) is 8.24. The molecule has 136 valence electrons. The third-order valence-corrected chi connectivity index (χ3v) is 4.31. The van der Waals surface area contributed by atoms with Gasteiger partial charge >= 0.3 is 0 Å². The molecule has 0 aliphatic rings. The van der Waals surface area contributed by atoms with Crippen LogP contribution < -0.4 is 0 Å². The number of hydrogen-bond acceptors (Lipinski definition) is 5. The molecule has 0 bridgehead atoms. The number of nitro benzene ring substituents is 2. The highest BCUT2D eigenvalue weighted by Gasteiger charge is 2.40. The maximum absolute atomic E-state index is 13.0. The zero-order chi connectivity index (χ0) is 19.8. The van der Waals surface area contributed by atoms with E-state index < -0.39 is 21.0 Å². The first kappa shape index (κ1) is 19.2. The van der Waals surface area contributed by atoms with Gasteiger partial charge in [-0.15, -0.1) is 0 Å². The van der Waals surface area contributed by atoms with E-state index in [2.05, 4.69) is 0 Å². The second-order valence-electron chi connectivity index (χ2n) is 7.16. The van der Waals surface area contributed by atoms with Gasteiger partial charge in [-0.1, -0.05) is 51.1 Å². The van der Waals surface area contributed by atoms with Gasteiger partial charge in [-0.05, 0) is 13.8 Å². The van der Waals surface area contributed by atoms with E-state index in [0.717, 1.165) is 0 Å². The number of nitrogens with zero attached hydrogens (tertiary/aromatic N) is 2. The summed E-state index contributed by atoms with van der Waals surface area (Å²) in [5.74, 6) is -0.466. The molecule has 0 saturated carbocycles. The Hall–Kier alpha value is -3.09. The molecule has 2 aromatic carbocycles. The van der Waals surface area contributed by atoms with Crippen LogP contribution in [0.15, 0.2) is 30.3 Å². The zero-order valence-electron chi connectivity index (χ0n) is 15.3. The van der Waals surface area contributed by atoms with Crippen LogP contribution in [0.25, 0.3) is 0 Å². The fourth-order valence-corrected chi connectivity index (χ4v) is 3.25. The van der Waals surface area contributed by atoms with Crippen molar-refractivity contribution < 1.29 is 14.6 Å². The van der Waals surface area contributed by atoms with E-state index in [1.165, 1.54) is 13.8 Å². The summed E-state index contributed by atoms with van der Waals surface area (Å²) < 4.78 is 0. The van der Waals surface area contributed by atoms with Gasteiger partial charge in [0, 0.05) is 27.7 Å². The molecule has 0 spiro atoms. The SMILES string of the molecule is Cc1c(C(=O)c2ccccc2)c(C)c([N+](=O)[O-])c(C(C)(C)C)c1[N+](=O)[O-]. The second-order valence-corrected chi connectivity index (χ2v) is 7.16. The minimum atomic E-state index is -0.839. The van der Waals surface area contributed by atoms with Gasteiger partial charge in [0.05, 0.1) is 9.85 Å². The van der Waals surface area contributed by atoms with Crippen molar-refractivity contribution in [3.8, 4) is 0 Å². The highest BCUT2D eigenvalue weighted by Crippen LogP contribution is 2.44. The number of ketones is 1. The van der Waals surface area contributed by atoms with Crippen LogP contribution in [0.4, 0.5) is 11.4 Å². The van der Waals surface area contributed by atoms with Crippen LogP contribution in [0.2, 0.25) is 0 Å². The van der Waals surface area contributed by atoms with E-state index in [1.54, 1.807) is 51.1 Å². The second kappa shape index (κ2) is 6.67. The number of benzene rings is 2. The summed E-state index contributed by atoms with van der Waals surface area (Å²) in [6.07, 6.45) is 0. The third-order valence-electron chi connectivity index (χ3n) is 4.31. The van der Waals surface area contributed by atoms with E-state index in [4.69, 9.17) is 0 Å². The molecule has 0 amide bonds. The van der Waals surface area contributed by atoms with Crippen molar-refractivity contribution in [3.05, 3.63) is 78.4 Å². The van der Waals surface area contributed by atoms with Crippen molar-refractivity contribution in [2.24, 2.45) is 0 Å².